The molecule has 0 aliphatic carbocycles. The van der Waals surface area contributed by atoms with Crippen LogP contribution in [0.3, 0.4) is 0 Å². The Balaban J connectivity index is 2.02. The van der Waals surface area contributed by atoms with E-state index >= 15 is 0 Å². The summed E-state index contributed by atoms with van der Waals surface area (Å²) in [6.45, 7) is 2.34. The zero-order chi connectivity index (χ0) is 14.1. The zero-order valence-electron chi connectivity index (χ0n) is 11.5. The van der Waals surface area contributed by atoms with Gasteiger partial charge >= 0.3 is 0 Å². The van der Waals surface area contributed by atoms with Crippen molar-refractivity contribution in [3.05, 3.63) is 57.6 Å². The van der Waals surface area contributed by atoms with Crippen molar-refractivity contribution in [2.24, 2.45) is 0 Å². The molecular formula is C17H15BBrN. The second kappa shape index (κ2) is 5.46. The second-order valence-corrected chi connectivity index (χ2v) is 6.32. The number of halogens is 1. The van der Waals surface area contributed by atoms with Crippen LogP contribution in [0.15, 0.2) is 40.9 Å². The molecule has 0 saturated heterocycles. The fourth-order valence-electron chi connectivity index (χ4n) is 2.95. The van der Waals surface area contributed by atoms with Gasteiger partial charge in [0.05, 0.1) is 0 Å². The van der Waals surface area contributed by atoms with Crippen LogP contribution in [0.5, 0.6) is 0 Å². The Morgan fingerprint density at radius 3 is 2.85 bits per heavy atom. The molecule has 1 aliphatic rings. The van der Waals surface area contributed by atoms with Gasteiger partial charge in [0.1, 0.15) is 0 Å². The lowest BCUT2D eigenvalue weighted by molar-refractivity contribution is 1.03. The quantitative estimate of drug-likeness (QED) is 0.702. The van der Waals surface area contributed by atoms with Crippen molar-refractivity contribution in [1.82, 2.24) is 0 Å². The summed E-state index contributed by atoms with van der Waals surface area (Å²) in [4.78, 5) is 0. The largest absolute Gasteiger partial charge is 0.272 e. The highest BCUT2D eigenvalue weighted by Crippen LogP contribution is 2.31. The van der Waals surface area contributed by atoms with E-state index in [1.165, 1.54) is 27.8 Å². The number of rotatable bonds is 1. The van der Waals surface area contributed by atoms with Crippen LogP contribution in [0.2, 0.25) is 6.32 Å². The lowest BCUT2D eigenvalue weighted by Crippen LogP contribution is -2.21. The molecule has 0 unspecified atom stereocenters. The van der Waals surface area contributed by atoms with Crippen molar-refractivity contribution in [2.75, 3.05) is 0 Å². The summed E-state index contributed by atoms with van der Waals surface area (Å²) in [6, 6.07) is 13.0. The first-order valence-electron chi connectivity index (χ1n) is 6.96. The fourth-order valence-corrected chi connectivity index (χ4v) is 3.32. The summed E-state index contributed by atoms with van der Waals surface area (Å²) in [7, 11) is 0. The van der Waals surface area contributed by atoms with Gasteiger partial charge in [0.15, 0.2) is 0 Å². The molecular weight excluding hydrogens is 309 g/mol. The van der Waals surface area contributed by atoms with E-state index < -0.39 is 0 Å². The van der Waals surface area contributed by atoms with E-state index in [1.807, 2.05) is 0 Å². The molecule has 1 aliphatic heterocycles. The average Bonchev–Trinajstić information content (AvgIpc) is 2.49. The molecule has 2 aromatic rings. The van der Waals surface area contributed by atoms with Gasteiger partial charge in [-0.1, -0.05) is 58.1 Å². The molecule has 0 N–H and O–H groups in total. The van der Waals surface area contributed by atoms with Crippen LogP contribution >= 0.6 is 15.9 Å². The van der Waals surface area contributed by atoms with Gasteiger partial charge in [-0.2, -0.15) is 0 Å². The van der Waals surface area contributed by atoms with Crippen LogP contribution in [0.25, 0.3) is 11.1 Å². The van der Waals surface area contributed by atoms with Crippen LogP contribution in [-0.4, -0.2) is 6.71 Å². The van der Waals surface area contributed by atoms with Gasteiger partial charge in [-0.3, -0.25) is 0 Å². The van der Waals surface area contributed by atoms with Crippen molar-refractivity contribution in [3.8, 4) is 17.1 Å². The van der Waals surface area contributed by atoms with Crippen molar-refractivity contribution in [3.63, 3.8) is 0 Å². The number of hydrogen-bond donors (Lipinski definition) is 0. The number of nitrogens with zero attached hydrogens (tertiary/aromatic N) is 1. The molecule has 98 valence electrons. The monoisotopic (exact) mass is 323 g/mol. The summed E-state index contributed by atoms with van der Waals surface area (Å²) < 4.78 is 1.15. The van der Waals surface area contributed by atoms with E-state index in [-0.39, 0.29) is 6.71 Å². The van der Waals surface area contributed by atoms with Gasteiger partial charge in [-0.05, 0) is 48.0 Å². The number of nitriles is 1. The molecule has 0 atom stereocenters. The molecule has 1 nitrogen and oxygen atoms in total. The number of aryl methyl sites for hydroxylation is 1. The first-order valence-corrected chi connectivity index (χ1v) is 7.75. The van der Waals surface area contributed by atoms with Gasteiger partial charge in [-0.15, -0.1) is 0 Å². The van der Waals surface area contributed by atoms with E-state index in [9.17, 15) is 0 Å². The Labute approximate surface area is 128 Å². The first kappa shape index (κ1) is 13.5. The van der Waals surface area contributed by atoms with E-state index in [0.717, 1.165) is 23.5 Å². The fraction of sp³-hybridized carbons (Fsp3) is 0.235. The van der Waals surface area contributed by atoms with E-state index in [0.29, 0.717) is 0 Å². The maximum Gasteiger partial charge on any atom is 0.272 e. The molecule has 2 aromatic carbocycles. The Kier molecular flexibility index (Phi) is 3.67. The van der Waals surface area contributed by atoms with E-state index in [2.05, 4.69) is 65.2 Å². The van der Waals surface area contributed by atoms with Gasteiger partial charge in [0.25, 0.3) is 6.71 Å². The van der Waals surface area contributed by atoms with Crippen molar-refractivity contribution in [1.29, 1.82) is 5.26 Å². The molecule has 0 fully saturated rings. The smallest absolute Gasteiger partial charge is 0.213 e. The second-order valence-electron chi connectivity index (χ2n) is 5.46. The SMILES string of the molecule is Cc1c(Br)cccc1-c1ccc2c(c1)CCB(C#N)C2. The summed E-state index contributed by atoms with van der Waals surface area (Å²) in [5.41, 5.74) is 6.59. The Morgan fingerprint density at radius 1 is 1.20 bits per heavy atom. The van der Waals surface area contributed by atoms with Gasteiger partial charge in [0.2, 0.25) is 0 Å². The van der Waals surface area contributed by atoms with Gasteiger partial charge in [-0.25, -0.2) is 5.26 Å². The van der Waals surface area contributed by atoms with Crippen molar-refractivity contribution in [2.45, 2.75) is 26.0 Å². The van der Waals surface area contributed by atoms with Crippen LogP contribution < -0.4 is 0 Å². The lowest BCUT2D eigenvalue weighted by atomic mass is 9.42. The van der Waals surface area contributed by atoms with Gasteiger partial charge < -0.3 is 0 Å². The average molecular weight is 324 g/mol. The van der Waals surface area contributed by atoms with Crippen molar-refractivity contribution < 1.29 is 0 Å². The zero-order valence-corrected chi connectivity index (χ0v) is 13.1. The molecule has 3 heteroatoms. The Bertz CT molecular complexity index is 703. The van der Waals surface area contributed by atoms with Crippen LogP contribution in [0, 0.1) is 18.2 Å². The third-order valence-corrected chi connectivity index (χ3v) is 5.06. The predicted octanol–water partition coefficient (Wildman–Crippen LogP) is 4.62. The molecule has 3 rings (SSSR count). The topological polar surface area (TPSA) is 23.8 Å². The normalized spacial score (nSPS) is 13.8. The Morgan fingerprint density at radius 2 is 2.05 bits per heavy atom. The number of hydrogen-bond acceptors (Lipinski definition) is 1. The maximum atomic E-state index is 9.06. The summed E-state index contributed by atoms with van der Waals surface area (Å²) in [6.07, 6.45) is 2.92. The molecule has 1 heterocycles. The van der Waals surface area contributed by atoms with Crippen LogP contribution in [0.1, 0.15) is 16.7 Å². The molecule has 0 bridgehead atoms. The highest BCUT2D eigenvalue weighted by molar-refractivity contribution is 9.10. The number of benzene rings is 2. The molecule has 0 saturated carbocycles. The third kappa shape index (κ3) is 2.41. The van der Waals surface area contributed by atoms with Gasteiger partial charge in [0, 0.05) is 10.4 Å². The maximum absolute atomic E-state index is 9.06. The summed E-state index contributed by atoms with van der Waals surface area (Å²) in [5, 5.41) is 9.06. The van der Waals surface area contributed by atoms with E-state index in [1.54, 1.807) is 0 Å². The lowest BCUT2D eigenvalue weighted by Gasteiger charge is -2.19. The van der Waals surface area contributed by atoms with E-state index in [4.69, 9.17) is 5.26 Å². The van der Waals surface area contributed by atoms with Crippen molar-refractivity contribution >= 4 is 22.6 Å². The molecule has 0 radical (unpaired) electrons. The minimum absolute atomic E-state index is 0.195. The highest BCUT2D eigenvalue weighted by Gasteiger charge is 2.22. The summed E-state index contributed by atoms with van der Waals surface area (Å²) >= 11 is 3.60. The highest BCUT2D eigenvalue weighted by atomic mass is 79.9. The summed E-state index contributed by atoms with van der Waals surface area (Å²) in [5.74, 6) is 2.40. The molecule has 20 heavy (non-hydrogen) atoms. The standard InChI is InChI=1S/C17H15BBrN/c1-12-16(3-2-4-17(12)19)14-5-6-15-10-18(11-20)8-7-13(15)9-14/h2-6,9H,7-8,10H2,1H3. The first-order chi connectivity index (χ1) is 9.69. The molecule has 0 amide bonds. The molecule has 0 aromatic heterocycles. The Hall–Kier alpha value is -1.53. The predicted molar refractivity (Wildman–Crippen MR) is 87.9 cm³/mol. The molecule has 0 spiro atoms. The minimum atomic E-state index is 0.195. The van der Waals surface area contributed by atoms with Crippen LogP contribution in [-0.2, 0) is 12.7 Å². The minimum Gasteiger partial charge on any atom is -0.213 e. The number of fused-ring (bicyclic) bond motifs is 1. The van der Waals surface area contributed by atoms with Crippen LogP contribution in [0.4, 0.5) is 0 Å². The third-order valence-electron chi connectivity index (χ3n) is 4.20.